The van der Waals surface area contributed by atoms with Crippen LogP contribution in [0.5, 0.6) is 0 Å². The molecule has 0 fully saturated rings. The zero-order valence-corrected chi connectivity index (χ0v) is 25.7. The van der Waals surface area contributed by atoms with Crippen LogP contribution < -0.4 is 4.00 Å². The summed E-state index contributed by atoms with van der Waals surface area (Å²) < 4.78 is -0.0106. The Morgan fingerprint density at radius 1 is 0.391 bits per heavy atom. The van der Waals surface area contributed by atoms with Gasteiger partial charge in [0, 0.05) is 79.6 Å². The lowest BCUT2D eigenvalue weighted by Crippen LogP contribution is -2.27. The Labute approximate surface area is 271 Å². The van der Waals surface area contributed by atoms with Crippen LogP contribution in [0.2, 0.25) is 0 Å². The zero-order chi connectivity index (χ0) is 30.7. The molecule has 0 aliphatic heterocycles. The second-order valence-corrected chi connectivity index (χ2v) is 12.3. The van der Waals surface area contributed by atoms with E-state index >= 15 is 0 Å². The highest BCUT2D eigenvalue weighted by atomic mass is 35.5. The van der Waals surface area contributed by atoms with Crippen molar-refractivity contribution in [1.29, 1.82) is 0 Å². The van der Waals surface area contributed by atoms with Crippen molar-refractivity contribution >= 4 is 72.5 Å². The molecule has 46 heavy (non-hydrogen) atoms. The van der Waals surface area contributed by atoms with E-state index in [4.69, 9.17) is 11.8 Å². The number of nitrogens with zero attached hydrogens (tertiary/aromatic N) is 1. The second kappa shape index (κ2) is 10.5. The highest BCUT2D eigenvalue weighted by Crippen LogP contribution is 2.52. The first-order chi connectivity index (χ1) is 22.7. The second-order valence-electron chi connectivity index (χ2n) is 11.8. The summed E-state index contributed by atoms with van der Waals surface area (Å²) in [5.74, 6) is 0. The van der Waals surface area contributed by atoms with E-state index in [9.17, 15) is 0 Å². The van der Waals surface area contributed by atoms with Crippen molar-refractivity contribution in [3.05, 3.63) is 164 Å². The molecule has 4 heteroatoms. The third-order valence-electron chi connectivity index (χ3n) is 9.21. The average Bonchev–Trinajstić information content (AvgIpc) is 3.68. The normalized spacial score (nSPS) is 12.0. The van der Waals surface area contributed by atoms with Gasteiger partial charge in [-0.2, -0.15) is 0 Å². The van der Waals surface area contributed by atoms with Gasteiger partial charge in [-0.1, -0.05) is 109 Å². The molecule has 218 valence electrons. The number of H-pyrrole nitrogens is 2. The molecule has 3 nitrogen and oxygen atoms in total. The fourth-order valence-corrected chi connectivity index (χ4v) is 7.38. The van der Waals surface area contributed by atoms with Gasteiger partial charge in [-0.3, -0.25) is 0 Å². The maximum atomic E-state index is 7.99. The minimum Gasteiger partial charge on any atom is -0.354 e. The predicted molar refractivity (Wildman–Crippen MR) is 196 cm³/mol. The number of para-hydroxylation sites is 4. The average molecular weight is 611 g/mol. The Hall–Kier alpha value is -5.61. The van der Waals surface area contributed by atoms with Gasteiger partial charge in [0.05, 0.1) is 5.52 Å². The van der Waals surface area contributed by atoms with Gasteiger partial charge >= 0.3 is 0 Å². The van der Waals surface area contributed by atoms with Crippen LogP contribution in [0.25, 0.3) is 65.9 Å². The minimum atomic E-state index is -0.0106. The molecule has 0 aliphatic rings. The zero-order valence-electron chi connectivity index (χ0n) is 24.9. The van der Waals surface area contributed by atoms with Crippen LogP contribution in [0.1, 0.15) is 0 Å². The van der Waals surface area contributed by atoms with Crippen molar-refractivity contribution in [3.63, 3.8) is 0 Å². The van der Waals surface area contributed by atoms with Crippen molar-refractivity contribution in [3.8, 4) is 22.3 Å². The molecule has 0 spiro atoms. The molecule has 0 aliphatic carbocycles. The fourth-order valence-electron chi connectivity index (χ4n) is 7.01. The molecule has 2 N–H and O–H groups in total. The van der Waals surface area contributed by atoms with Gasteiger partial charge in [-0.15, -0.1) is 4.00 Å². The first-order valence-corrected chi connectivity index (χ1v) is 15.9. The number of aromatic amines is 2. The topological polar surface area (TPSA) is 31.6 Å². The summed E-state index contributed by atoms with van der Waals surface area (Å²) >= 11 is 7.99. The molecule has 0 radical (unpaired) electrons. The Bertz CT molecular complexity index is 2490. The standard InChI is InChI=1S/C42H29ClN3/c43-46(30-15-6-2-7-16-30,31-17-8-3-9-18-31)41-25-29(28-13-4-1-5-14-28)23-24-33(41)34-20-12-21-35-37-27-39-36(26-40(37)45-42(34)35)32-19-10-11-22-38(32)44-39/h1-27,44-45H/q+1. The number of hydrogen-bond acceptors (Lipinski definition) is 0. The van der Waals surface area contributed by atoms with E-state index in [1.165, 1.54) is 21.5 Å². The number of quaternary nitrogens is 1. The van der Waals surface area contributed by atoms with Crippen molar-refractivity contribution < 1.29 is 0 Å². The molecule has 0 saturated heterocycles. The molecule has 2 heterocycles. The lowest BCUT2D eigenvalue weighted by atomic mass is 9.95. The number of aromatic nitrogens is 2. The molecule has 0 saturated carbocycles. The minimum absolute atomic E-state index is 0.0106. The van der Waals surface area contributed by atoms with E-state index in [0.29, 0.717) is 0 Å². The lowest BCUT2D eigenvalue weighted by Gasteiger charge is -2.30. The molecule has 0 bridgehead atoms. The molecule has 0 atom stereocenters. The molecule has 0 unspecified atom stereocenters. The highest BCUT2D eigenvalue weighted by molar-refractivity contribution is 6.29. The molecular formula is C42H29ClN3+. The van der Waals surface area contributed by atoms with E-state index in [1.807, 2.05) is 12.1 Å². The Morgan fingerprint density at radius 2 is 0.978 bits per heavy atom. The van der Waals surface area contributed by atoms with Crippen LogP contribution >= 0.6 is 11.8 Å². The maximum Gasteiger partial charge on any atom is 0.183 e. The molecule has 2 aromatic heterocycles. The van der Waals surface area contributed by atoms with Crippen molar-refractivity contribution in [2.75, 3.05) is 0 Å². The molecule has 9 aromatic rings. The first-order valence-electron chi connectivity index (χ1n) is 15.5. The SMILES string of the molecule is Cl[N+](c1ccccc1)(c1ccccc1)c1cc(-c2ccccc2)ccc1-c1cccc2c1[nH]c1cc3c(cc12)[nH]c1ccccc13. The number of rotatable bonds is 5. The van der Waals surface area contributed by atoms with Crippen molar-refractivity contribution in [1.82, 2.24) is 14.0 Å². The van der Waals surface area contributed by atoms with Gasteiger partial charge in [0.25, 0.3) is 0 Å². The van der Waals surface area contributed by atoms with E-state index in [-0.39, 0.29) is 4.00 Å². The van der Waals surface area contributed by atoms with Gasteiger partial charge in [0.2, 0.25) is 0 Å². The van der Waals surface area contributed by atoms with Crippen LogP contribution in [0.3, 0.4) is 0 Å². The highest BCUT2D eigenvalue weighted by Gasteiger charge is 2.39. The summed E-state index contributed by atoms with van der Waals surface area (Å²) in [5, 5.41) is 4.81. The van der Waals surface area contributed by atoms with Gasteiger partial charge < -0.3 is 9.97 Å². The molecule has 7 aromatic carbocycles. The monoisotopic (exact) mass is 610 g/mol. The van der Waals surface area contributed by atoms with Gasteiger partial charge in [-0.05, 0) is 35.4 Å². The summed E-state index contributed by atoms with van der Waals surface area (Å²) in [4.78, 5) is 7.46. The maximum absolute atomic E-state index is 7.99. The third kappa shape index (κ3) is 4.10. The van der Waals surface area contributed by atoms with Gasteiger partial charge in [0.15, 0.2) is 28.8 Å². The van der Waals surface area contributed by atoms with E-state index in [1.54, 1.807) is 0 Å². The number of nitrogens with one attached hydrogen (secondary N) is 2. The fraction of sp³-hybridized carbons (Fsp3) is 0. The summed E-state index contributed by atoms with van der Waals surface area (Å²) in [6.07, 6.45) is 0. The van der Waals surface area contributed by atoms with Crippen molar-refractivity contribution in [2.45, 2.75) is 0 Å². The number of hydrogen-bond donors (Lipinski definition) is 2. The van der Waals surface area contributed by atoms with Crippen LogP contribution in [0.15, 0.2) is 164 Å². The Balaban J connectivity index is 1.34. The Kier molecular flexibility index (Phi) is 6.10. The van der Waals surface area contributed by atoms with Crippen molar-refractivity contribution in [2.24, 2.45) is 0 Å². The van der Waals surface area contributed by atoms with Crippen LogP contribution in [0.4, 0.5) is 17.1 Å². The summed E-state index contributed by atoms with van der Waals surface area (Å²) in [5.41, 5.74) is 11.8. The molecular weight excluding hydrogens is 582 g/mol. The van der Waals surface area contributed by atoms with E-state index in [2.05, 4.69) is 162 Å². The Morgan fingerprint density at radius 3 is 1.70 bits per heavy atom. The van der Waals surface area contributed by atoms with Crippen LogP contribution in [-0.4, -0.2) is 9.97 Å². The molecule has 9 rings (SSSR count). The van der Waals surface area contributed by atoms with Gasteiger partial charge in [-0.25, -0.2) is 0 Å². The lowest BCUT2D eigenvalue weighted by molar-refractivity contribution is 0.810. The number of fused-ring (bicyclic) bond motifs is 6. The van der Waals surface area contributed by atoms with Gasteiger partial charge in [0.1, 0.15) is 0 Å². The number of benzene rings is 7. The summed E-state index contributed by atoms with van der Waals surface area (Å²) in [7, 11) is 0. The van der Waals surface area contributed by atoms with E-state index in [0.717, 1.165) is 61.4 Å². The third-order valence-corrected chi connectivity index (χ3v) is 9.78. The summed E-state index contributed by atoms with van der Waals surface area (Å²) in [6, 6.07) is 57.5. The van der Waals surface area contributed by atoms with Crippen LogP contribution in [0, 0.1) is 0 Å². The first kappa shape index (κ1) is 26.8. The van der Waals surface area contributed by atoms with Crippen LogP contribution in [-0.2, 0) is 0 Å². The smallest absolute Gasteiger partial charge is 0.183 e. The molecule has 0 amide bonds. The van der Waals surface area contributed by atoms with E-state index < -0.39 is 0 Å². The predicted octanol–water partition coefficient (Wildman–Crippen LogP) is 12.4. The summed E-state index contributed by atoms with van der Waals surface area (Å²) in [6.45, 7) is 0. The largest absolute Gasteiger partial charge is 0.354 e. The quantitative estimate of drug-likeness (QED) is 0.182. The number of halogens is 1.